The Balaban J connectivity index is 3.79. The fourth-order valence-electron chi connectivity index (χ4n) is 9.94. The molecule has 0 saturated heterocycles. The zero-order valence-electron chi connectivity index (χ0n) is 50.8. The van der Waals surface area contributed by atoms with Crippen LogP contribution in [-0.4, -0.2) is 68.5 Å². The van der Waals surface area contributed by atoms with Gasteiger partial charge >= 0.3 is 0 Å². The number of unbranched alkanes of at least 4 members (excludes halogenated alkanes) is 44. The van der Waals surface area contributed by atoms with Gasteiger partial charge in [-0.1, -0.05) is 320 Å². The number of aliphatic hydroxyl groups excluding tert-OH is 1. The van der Waals surface area contributed by atoms with Gasteiger partial charge in [0.05, 0.1) is 39.9 Å². The third kappa shape index (κ3) is 60.2. The van der Waals surface area contributed by atoms with Crippen LogP contribution < -0.4 is 10.2 Å². The number of phosphoric ester groups is 1. The average molecular weight is 1080 g/mol. The van der Waals surface area contributed by atoms with E-state index in [4.69, 9.17) is 9.05 Å². The van der Waals surface area contributed by atoms with Crippen molar-refractivity contribution in [2.24, 2.45) is 0 Å². The molecule has 9 heteroatoms. The minimum Gasteiger partial charge on any atom is -0.756 e. The molecule has 75 heavy (non-hydrogen) atoms. The minimum absolute atomic E-state index is 0.00771. The highest BCUT2D eigenvalue weighted by Gasteiger charge is 2.23. The van der Waals surface area contributed by atoms with Crippen LogP contribution in [0.5, 0.6) is 0 Å². The summed E-state index contributed by atoms with van der Waals surface area (Å²) in [6, 6.07) is -0.907. The Labute approximate surface area is 467 Å². The highest BCUT2D eigenvalue weighted by atomic mass is 31.2. The van der Waals surface area contributed by atoms with Gasteiger partial charge in [-0.3, -0.25) is 9.36 Å². The number of allylic oxidation sites excluding steroid dienone is 5. The molecule has 444 valence electrons. The molecule has 0 rings (SSSR count). The first-order valence-corrected chi connectivity index (χ1v) is 34.3. The first-order chi connectivity index (χ1) is 36.5. The molecule has 0 aromatic rings. The van der Waals surface area contributed by atoms with Crippen molar-refractivity contribution in [1.29, 1.82) is 0 Å². The van der Waals surface area contributed by atoms with E-state index >= 15 is 0 Å². The first kappa shape index (κ1) is 73.7. The summed E-state index contributed by atoms with van der Waals surface area (Å²) in [7, 11) is 1.24. The molecular formula is C66H129N2O6P. The quantitative estimate of drug-likeness (QED) is 0.0272. The van der Waals surface area contributed by atoms with Gasteiger partial charge in [0.15, 0.2) is 0 Å². The molecule has 3 unspecified atom stereocenters. The molecule has 0 spiro atoms. The summed E-state index contributed by atoms with van der Waals surface area (Å²) in [5.41, 5.74) is 0. The van der Waals surface area contributed by atoms with Gasteiger partial charge in [0.1, 0.15) is 13.2 Å². The van der Waals surface area contributed by atoms with Crippen LogP contribution in [0.25, 0.3) is 0 Å². The fourth-order valence-corrected chi connectivity index (χ4v) is 10.7. The number of quaternary nitrogens is 1. The van der Waals surface area contributed by atoms with Crippen LogP contribution in [0.15, 0.2) is 36.5 Å². The standard InChI is InChI=1S/C66H129N2O6P/c1-6-8-10-12-14-16-18-20-21-22-23-24-25-26-27-28-29-30-31-32-33-34-35-36-37-38-39-40-41-42-43-44-45-46-47-48-50-52-54-56-58-60-66(70)67-64(63-74-75(71,72)73-62-61-68(3,4)5)65(69)59-57-55-53-51-49-19-17-15-13-11-9-7-2/h13,15,49,51,57,59,64-65,69H,6-12,14,16-48,50,52-56,58,60-63H2,1-5H3,(H-,67,70,71,72)/b15-13+,51-49+,59-57+. The van der Waals surface area contributed by atoms with Crippen molar-refractivity contribution in [3.63, 3.8) is 0 Å². The van der Waals surface area contributed by atoms with Crippen LogP contribution >= 0.6 is 7.82 Å². The van der Waals surface area contributed by atoms with E-state index in [0.717, 1.165) is 51.4 Å². The van der Waals surface area contributed by atoms with Gasteiger partial charge in [-0.2, -0.15) is 0 Å². The molecule has 0 aliphatic heterocycles. The molecule has 3 atom stereocenters. The second-order valence-electron chi connectivity index (χ2n) is 23.8. The summed E-state index contributed by atoms with van der Waals surface area (Å²) in [6.45, 7) is 4.60. The van der Waals surface area contributed by atoms with Gasteiger partial charge in [0.2, 0.25) is 5.91 Å². The van der Waals surface area contributed by atoms with Gasteiger partial charge in [-0.25, -0.2) is 0 Å². The predicted octanol–water partition coefficient (Wildman–Crippen LogP) is 19.9. The van der Waals surface area contributed by atoms with Crippen LogP contribution in [0.3, 0.4) is 0 Å². The number of hydrogen-bond donors (Lipinski definition) is 2. The molecule has 0 fully saturated rings. The van der Waals surface area contributed by atoms with Crippen molar-refractivity contribution < 1.29 is 32.9 Å². The van der Waals surface area contributed by atoms with Crippen molar-refractivity contribution in [2.75, 3.05) is 40.9 Å². The van der Waals surface area contributed by atoms with Crippen LogP contribution in [0.1, 0.15) is 328 Å². The SMILES string of the molecule is CCCC/C=C/CC/C=C/CC/C=C/C(O)C(COP(=O)([O-])OCC[N+](C)(C)C)NC(=O)CCCCCCCCCCCCCCCCCCCCCCCCCCCCCCCCCCCCCCCCCCC. The number of hydrogen-bond acceptors (Lipinski definition) is 6. The molecule has 0 aromatic heterocycles. The van der Waals surface area contributed by atoms with E-state index in [1.54, 1.807) is 6.08 Å². The van der Waals surface area contributed by atoms with E-state index in [1.165, 1.54) is 257 Å². The molecular weight excluding hydrogens is 948 g/mol. The lowest BCUT2D eigenvalue weighted by Crippen LogP contribution is -2.45. The summed E-state index contributed by atoms with van der Waals surface area (Å²) in [4.78, 5) is 25.4. The highest BCUT2D eigenvalue weighted by Crippen LogP contribution is 2.38. The van der Waals surface area contributed by atoms with Gasteiger partial charge in [-0.05, 0) is 38.5 Å². The number of phosphoric acid groups is 1. The van der Waals surface area contributed by atoms with Crippen LogP contribution in [0, 0.1) is 0 Å². The third-order valence-corrected chi connectivity index (χ3v) is 16.0. The maximum Gasteiger partial charge on any atom is 0.268 e. The molecule has 0 bridgehead atoms. The lowest BCUT2D eigenvalue weighted by Gasteiger charge is -2.29. The van der Waals surface area contributed by atoms with Crippen molar-refractivity contribution in [2.45, 2.75) is 341 Å². The number of nitrogens with one attached hydrogen (secondary N) is 1. The second-order valence-corrected chi connectivity index (χ2v) is 25.2. The largest absolute Gasteiger partial charge is 0.756 e. The third-order valence-electron chi connectivity index (χ3n) is 15.1. The summed E-state index contributed by atoms with van der Waals surface area (Å²) in [5.74, 6) is -0.207. The van der Waals surface area contributed by atoms with Gasteiger partial charge in [0, 0.05) is 6.42 Å². The molecule has 0 aliphatic carbocycles. The molecule has 0 aromatic carbocycles. The maximum absolute atomic E-state index is 12.9. The van der Waals surface area contributed by atoms with Gasteiger partial charge < -0.3 is 28.8 Å². The summed E-state index contributed by atoms with van der Waals surface area (Å²) >= 11 is 0. The highest BCUT2D eigenvalue weighted by molar-refractivity contribution is 7.45. The summed E-state index contributed by atoms with van der Waals surface area (Å²) in [6.07, 6.45) is 75.9. The molecule has 0 radical (unpaired) electrons. The Morgan fingerprint density at radius 2 is 0.747 bits per heavy atom. The van der Waals surface area contributed by atoms with Crippen molar-refractivity contribution >= 4 is 13.7 Å². The Morgan fingerprint density at radius 3 is 1.07 bits per heavy atom. The Hall–Kier alpha value is -1.28. The van der Waals surface area contributed by atoms with E-state index < -0.39 is 26.6 Å². The number of carbonyl (C=O) groups excluding carboxylic acids is 1. The number of carbonyl (C=O) groups is 1. The Bertz CT molecular complexity index is 1320. The van der Waals surface area contributed by atoms with Crippen molar-refractivity contribution in [3.8, 4) is 0 Å². The van der Waals surface area contributed by atoms with Crippen molar-refractivity contribution in [1.82, 2.24) is 5.32 Å². The maximum atomic E-state index is 12.9. The monoisotopic (exact) mass is 1080 g/mol. The van der Waals surface area contributed by atoms with Gasteiger partial charge in [0.25, 0.3) is 7.82 Å². The van der Waals surface area contributed by atoms with Crippen LogP contribution in [0.2, 0.25) is 0 Å². The molecule has 0 saturated carbocycles. The zero-order valence-corrected chi connectivity index (χ0v) is 51.7. The van der Waals surface area contributed by atoms with E-state index in [-0.39, 0.29) is 12.5 Å². The lowest BCUT2D eigenvalue weighted by molar-refractivity contribution is -0.870. The molecule has 1 amide bonds. The first-order valence-electron chi connectivity index (χ1n) is 32.9. The molecule has 8 nitrogen and oxygen atoms in total. The van der Waals surface area contributed by atoms with E-state index in [1.807, 2.05) is 27.2 Å². The second kappa shape index (κ2) is 57.4. The van der Waals surface area contributed by atoms with Crippen LogP contribution in [-0.2, 0) is 18.4 Å². The zero-order chi connectivity index (χ0) is 54.9. The summed E-state index contributed by atoms with van der Waals surface area (Å²) < 4.78 is 23.3. The van der Waals surface area contributed by atoms with Crippen molar-refractivity contribution in [3.05, 3.63) is 36.5 Å². The lowest BCUT2D eigenvalue weighted by atomic mass is 10.0. The summed E-state index contributed by atoms with van der Waals surface area (Å²) in [5, 5.41) is 13.8. The smallest absolute Gasteiger partial charge is 0.268 e. The topological polar surface area (TPSA) is 108 Å². The van der Waals surface area contributed by atoms with E-state index in [0.29, 0.717) is 17.4 Å². The molecule has 0 heterocycles. The molecule has 2 N–H and O–H groups in total. The minimum atomic E-state index is -4.60. The number of amides is 1. The number of nitrogens with zero attached hydrogens (tertiary/aromatic N) is 1. The average Bonchev–Trinajstić information content (AvgIpc) is 3.37. The number of likely N-dealkylation sites (N-methyl/N-ethyl adjacent to an activating group) is 1. The van der Waals surface area contributed by atoms with Crippen LogP contribution in [0.4, 0.5) is 0 Å². The van der Waals surface area contributed by atoms with E-state index in [2.05, 4.69) is 43.5 Å². The van der Waals surface area contributed by atoms with E-state index in [9.17, 15) is 19.4 Å². The fraction of sp³-hybridized carbons (Fsp3) is 0.894. The number of rotatable bonds is 61. The Kier molecular flexibility index (Phi) is 56.4. The Morgan fingerprint density at radius 1 is 0.453 bits per heavy atom. The molecule has 0 aliphatic rings. The predicted molar refractivity (Wildman–Crippen MR) is 325 cm³/mol. The normalized spacial score (nSPS) is 14.0. The van der Waals surface area contributed by atoms with Gasteiger partial charge in [-0.15, -0.1) is 0 Å². The number of aliphatic hydroxyl groups is 1.